The molecule has 0 aliphatic carbocycles. The molecule has 1 rings (SSSR count). The highest BCUT2D eigenvalue weighted by Crippen LogP contribution is 2.18. The number of aliphatic hydroxyl groups excluding tert-OH is 4. The van der Waals surface area contributed by atoms with Crippen LogP contribution >= 0.6 is 0 Å². The maximum absolute atomic E-state index is 9.09. The van der Waals surface area contributed by atoms with Crippen LogP contribution in [0.4, 0.5) is 0 Å². The van der Waals surface area contributed by atoms with Gasteiger partial charge in [-0.05, 0) is 6.92 Å². The maximum Gasteiger partial charge on any atom is 0.183 e. The SMILES string of the molecule is C[C@@H]1O[C@@H](O)[C@H](O)[C@H](O)[C@@H]1O. The molecule has 0 unspecified atom stereocenters. The zero-order valence-corrected chi connectivity index (χ0v) is 6.08. The molecule has 1 heterocycles. The number of aliphatic hydroxyl groups is 4. The van der Waals surface area contributed by atoms with Crippen molar-refractivity contribution in [2.45, 2.75) is 37.6 Å². The van der Waals surface area contributed by atoms with Crippen molar-refractivity contribution in [1.82, 2.24) is 0 Å². The van der Waals surface area contributed by atoms with E-state index in [1.165, 1.54) is 6.92 Å². The molecule has 0 bridgehead atoms. The predicted octanol–water partition coefficient (Wildman–Crippen LogP) is -2.19. The first-order valence-corrected chi connectivity index (χ1v) is 3.41. The van der Waals surface area contributed by atoms with Gasteiger partial charge in [0.05, 0.1) is 6.10 Å². The van der Waals surface area contributed by atoms with Gasteiger partial charge in [-0.1, -0.05) is 0 Å². The van der Waals surface area contributed by atoms with Crippen LogP contribution in [0.3, 0.4) is 0 Å². The van der Waals surface area contributed by atoms with E-state index in [9.17, 15) is 0 Å². The van der Waals surface area contributed by atoms with Gasteiger partial charge in [-0.2, -0.15) is 0 Å². The molecule has 0 saturated carbocycles. The molecule has 1 fully saturated rings. The summed E-state index contributed by atoms with van der Waals surface area (Å²) in [6, 6.07) is 0. The van der Waals surface area contributed by atoms with Crippen LogP contribution in [0.5, 0.6) is 0 Å². The van der Waals surface area contributed by atoms with E-state index in [1.54, 1.807) is 0 Å². The van der Waals surface area contributed by atoms with Gasteiger partial charge in [0.2, 0.25) is 0 Å². The van der Waals surface area contributed by atoms with Crippen molar-refractivity contribution in [3.63, 3.8) is 0 Å². The summed E-state index contributed by atoms with van der Waals surface area (Å²) in [6.45, 7) is 1.50. The van der Waals surface area contributed by atoms with Crippen LogP contribution in [0.15, 0.2) is 0 Å². The van der Waals surface area contributed by atoms with Gasteiger partial charge in [0.25, 0.3) is 0 Å². The monoisotopic (exact) mass is 164 g/mol. The molecule has 4 N–H and O–H groups in total. The van der Waals surface area contributed by atoms with Crippen molar-refractivity contribution in [3.8, 4) is 0 Å². The van der Waals surface area contributed by atoms with Crippen molar-refractivity contribution in [1.29, 1.82) is 0 Å². The number of rotatable bonds is 0. The zero-order chi connectivity index (χ0) is 8.59. The van der Waals surface area contributed by atoms with Crippen LogP contribution in [-0.4, -0.2) is 51.1 Å². The van der Waals surface area contributed by atoms with Gasteiger partial charge in [0, 0.05) is 0 Å². The minimum absolute atomic E-state index is 0.664. The molecule has 1 aliphatic rings. The lowest BCUT2D eigenvalue weighted by Crippen LogP contribution is -2.56. The topological polar surface area (TPSA) is 90.2 Å². The molecule has 0 aromatic carbocycles. The lowest BCUT2D eigenvalue weighted by molar-refractivity contribution is -0.277. The molecule has 5 atom stereocenters. The molecule has 5 heteroatoms. The number of hydrogen-bond donors (Lipinski definition) is 4. The summed E-state index contributed by atoms with van der Waals surface area (Å²) in [6.07, 6.45) is -5.99. The van der Waals surface area contributed by atoms with Crippen molar-refractivity contribution >= 4 is 0 Å². The van der Waals surface area contributed by atoms with E-state index in [1.807, 2.05) is 0 Å². The first kappa shape index (κ1) is 8.89. The van der Waals surface area contributed by atoms with E-state index >= 15 is 0 Å². The molecule has 5 nitrogen and oxygen atoms in total. The summed E-state index contributed by atoms with van der Waals surface area (Å²) < 4.78 is 4.68. The number of hydrogen-bond acceptors (Lipinski definition) is 5. The van der Waals surface area contributed by atoms with Crippen LogP contribution in [0.1, 0.15) is 6.92 Å². The third-order valence-electron chi connectivity index (χ3n) is 1.83. The Morgan fingerprint density at radius 3 is 2.00 bits per heavy atom. The van der Waals surface area contributed by atoms with Crippen LogP contribution in [0.25, 0.3) is 0 Å². The fraction of sp³-hybridized carbons (Fsp3) is 1.00. The van der Waals surface area contributed by atoms with Gasteiger partial charge in [0.1, 0.15) is 18.3 Å². The fourth-order valence-corrected chi connectivity index (χ4v) is 1.03. The van der Waals surface area contributed by atoms with Crippen LogP contribution in [0.2, 0.25) is 0 Å². The van der Waals surface area contributed by atoms with Gasteiger partial charge in [-0.3, -0.25) is 0 Å². The molecular weight excluding hydrogens is 152 g/mol. The lowest BCUT2D eigenvalue weighted by atomic mass is 10.0. The first-order valence-electron chi connectivity index (χ1n) is 3.41. The van der Waals surface area contributed by atoms with Crippen LogP contribution in [0, 0.1) is 0 Å². The maximum atomic E-state index is 9.09. The zero-order valence-electron chi connectivity index (χ0n) is 6.08. The second-order valence-electron chi connectivity index (χ2n) is 2.70. The van der Waals surface area contributed by atoms with E-state index in [-0.39, 0.29) is 0 Å². The summed E-state index contributed by atoms with van der Waals surface area (Å²) >= 11 is 0. The van der Waals surface area contributed by atoms with E-state index in [0.29, 0.717) is 0 Å². The molecule has 0 aromatic heterocycles. The van der Waals surface area contributed by atoms with Crippen molar-refractivity contribution in [2.24, 2.45) is 0 Å². The van der Waals surface area contributed by atoms with Crippen molar-refractivity contribution in [2.75, 3.05) is 0 Å². The van der Waals surface area contributed by atoms with Gasteiger partial charge in [0.15, 0.2) is 6.29 Å². The third-order valence-corrected chi connectivity index (χ3v) is 1.83. The Bertz CT molecular complexity index is 125. The molecule has 0 radical (unpaired) electrons. The smallest absolute Gasteiger partial charge is 0.183 e. The fourth-order valence-electron chi connectivity index (χ4n) is 1.03. The molecule has 66 valence electrons. The Morgan fingerprint density at radius 1 is 0.909 bits per heavy atom. The second-order valence-corrected chi connectivity index (χ2v) is 2.70. The van der Waals surface area contributed by atoms with Gasteiger partial charge < -0.3 is 25.2 Å². The van der Waals surface area contributed by atoms with Crippen LogP contribution in [-0.2, 0) is 4.74 Å². The van der Waals surface area contributed by atoms with Crippen molar-refractivity contribution in [3.05, 3.63) is 0 Å². The molecule has 0 spiro atoms. The predicted molar refractivity (Wildman–Crippen MR) is 34.6 cm³/mol. The van der Waals surface area contributed by atoms with Gasteiger partial charge in [-0.15, -0.1) is 0 Å². The van der Waals surface area contributed by atoms with Crippen molar-refractivity contribution < 1.29 is 25.2 Å². The first-order chi connectivity index (χ1) is 5.04. The Labute approximate surface area is 63.8 Å². The summed E-state index contributed by atoms with van der Waals surface area (Å²) in [5.41, 5.74) is 0. The summed E-state index contributed by atoms with van der Waals surface area (Å²) in [5.74, 6) is 0. The average Bonchev–Trinajstić information content (AvgIpc) is 1.97. The number of ether oxygens (including phenoxy) is 1. The molecular formula is C6H12O5. The highest BCUT2D eigenvalue weighted by Gasteiger charge is 2.40. The normalized spacial score (nSPS) is 52.6. The largest absolute Gasteiger partial charge is 0.388 e. The summed E-state index contributed by atoms with van der Waals surface area (Å²) in [4.78, 5) is 0. The molecule has 11 heavy (non-hydrogen) atoms. The molecule has 1 aliphatic heterocycles. The highest BCUT2D eigenvalue weighted by atomic mass is 16.6. The quantitative estimate of drug-likeness (QED) is 0.326. The Kier molecular flexibility index (Phi) is 2.46. The molecule has 0 aromatic rings. The summed E-state index contributed by atoms with van der Waals surface area (Å²) in [5, 5.41) is 36.0. The minimum atomic E-state index is -1.43. The average molecular weight is 164 g/mol. The standard InChI is InChI=1S/C6H12O5/c1-2-3(7)4(8)5(9)6(10)11-2/h2-10H,1H3/t2-,3+,4+,5+,6+/m0/s1. The van der Waals surface area contributed by atoms with E-state index in [2.05, 4.69) is 4.74 Å². The Morgan fingerprint density at radius 2 is 1.45 bits per heavy atom. The van der Waals surface area contributed by atoms with Gasteiger partial charge >= 0.3 is 0 Å². The van der Waals surface area contributed by atoms with E-state index in [0.717, 1.165) is 0 Å². The molecule has 0 amide bonds. The Balaban J connectivity index is 2.63. The Hall–Kier alpha value is -0.200. The van der Waals surface area contributed by atoms with Gasteiger partial charge in [-0.25, -0.2) is 0 Å². The third kappa shape index (κ3) is 1.52. The lowest BCUT2D eigenvalue weighted by Gasteiger charge is -2.36. The highest BCUT2D eigenvalue weighted by molar-refractivity contribution is 4.86. The second kappa shape index (κ2) is 3.04. The minimum Gasteiger partial charge on any atom is -0.388 e. The molecule has 1 saturated heterocycles. The van der Waals surface area contributed by atoms with E-state index < -0.39 is 30.7 Å². The summed E-state index contributed by atoms with van der Waals surface area (Å²) in [7, 11) is 0. The van der Waals surface area contributed by atoms with E-state index in [4.69, 9.17) is 20.4 Å². The van der Waals surface area contributed by atoms with Crippen LogP contribution < -0.4 is 0 Å².